The van der Waals surface area contributed by atoms with Crippen molar-refractivity contribution in [2.24, 2.45) is 13.0 Å². The molecule has 0 bridgehead atoms. The third-order valence-electron chi connectivity index (χ3n) is 5.43. The normalized spacial score (nSPS) is 15.7. The molecule has 1 N–H and O–H groups in total. The zero-order chi connectivity index (χ0) is 20.2. The Morgan fingerprint density at radius 2 is 2.00 bits per heavy atom. The Labute approximate surface area is 169 Å². The van der Waals surface area contributed by atoms with Crippen LogP contribution in [0.25, 0.3) is 22.0 Å². The first-order chi connectivity index (χ1) is 14.1. The molecule has 8 heteroatoms. The fourth-order valence-corrected chi connectivity index (χ4v) is 3.70. The highest BCUT2D eigenvalue weighted by atomic mass is 16.5. The van der Waals surface area contributed by atoms with E-state index < -0.39 is 0 Å². The average molecular weight is 394 g/mol. The molecule has 0 spiro atoms. The van der Waals surface area contributed by atoms with E-state index in [0.717, 1.165) is 61.1 Å². The number of piperidine rings is 1. The maximum absolute atomic E-state index is 12.7. The molecule has 1 aliphatic rings. The van der Waals surface area contributed by atoms with Crippen molar-refractivity contribution in [2.75, 3.05) is 38.7 Å². The number of amides is 1. The van der Waals surface area contributed by atoms with Gasteiger partial charge in [0.25, 0.3) is 0 Å². The van der Waals surface area contributed by atoms with Crippen molar-refractivity contribution < 1.29 is 9.53 Å². The van der Waals surface area contributed by atoms with Gasteiger partial charge in [0.05, 0.1) is 24.5 Å². The van der Waals surface area contributed by atoms with E-state index >= 15 is 0 Å². The summed E-state index contributed by atoms with van der Waals surface area (Å²) in [6.07, 6.45) is 8.99. The van der Waals surface area contributed by atoms with E-state index in [9.17, 15) is 4.79 Å². The Bertz CT molecular complexity index is 994. The van der Waals surface area contributed by atoms with Crippen LogP contribution in [0, 0.1) is 5.92 Å². The first-order valence-corrected chi connectivity index (χ1v) is 9.89. The van der Waals surface area contributed by atoms with E-state index in [-0.39, 0.29) is 11.8 Å². The molecule has 152 valence electrons. The molecule has 0 aliphatic carbocycles. The summed E-state index contributed by atoms with van der Waals surface area (Å²) >= 11 is 0. The van der Waals surface area contributed by atoms with E-state index in [0.29, 0.717) is 5.82 Å². The van der Waals surface area contributed by atoms with Crippen molar-refractivity contribution in [1.82, 2.24) is 24.6 Å². The summed E-state index contributed by atoms with van der Waals surface area (Å²) < 4.78 is 6.89. The number of hydrogen-bond acceptors (Lipinski definition) is 6. The standard InChI is InChI=1S/C21H26N6O2/c1-26-14-18(12-24-26)17-9-16-10-20(23-13-19(16)22-11-17)25-21(28)15-3-5-27(6-4-15)7-8-29-2/h9-15H,3-8H2,1-2H3,(H,23,25,28). The molecular weight excluding hydrogens is 368 g/mol. The number of anilines is 1. The lowest BCUT2D eigenvalue weighted by atomic mass is 9.96. The number of hydrogen-bond donors (Lipinski definition) is 1. The second-order valence-electron chi connectivity index (χ2n) is 7.49. The molecule has 0 atom stereocenters. The number of methoxy groups -OCH3 is 1. The molecule has 3 aromatic heterocycles. The summed E-state index contributed by atoms with van der Waals surface area (Å²) in [4.78, 5) is 23.9. The first kappa shape index (κ1) is 19.5. The molecule has 3 aromatic rings. The lowest BCUT2D eigenvalue weighted by molar-refractivity contribution is -0.121. The zero-order valence-electron chi connectivity index (χ0n) is 16.8. The minimum atomic E-state index is 0.0196. The minimum Gasteiger partial charge on any atom is -0.383 e. The number of pyridine rings is 2. The predicted octanol–water partition coefficient (Wildman–Crippen LogP) is 2.33. The molecule has 1 amide bonds. The molecule has 0 aromatic carbocycles. The van der Waals surface area contributed by atoms with E-state index in [1.54, 1.807) is 18.0 Å². The van der Waals surface area contributed by atoms with Gasteiger partial charge in [-0.2, -0.15) is 5.10 Å². The summed E-state index contributed by atoms with van der Waals surface area (Å²) in [5, 5.41) is 8.14. The van der Waals surface area contributed by atoms with Gasteiger partial charge in [0.1, 0.15) is 5.82 Å². The highest BCUT2D eigenvalue weighted by Crippen LogP contribution is 2.24. The summed E-state index contributed by atoms with van der Waals surface area (Å²) in [6, 6.07) is 3.93. The molecule has 1 aliphatic heterocycles. The van der Waals surface area contributed by atoms with E-state index in [4.69, 9.17) is 4.74 Å². The molecule has 0 unspecified atom stereocenters. The number of nitrogens with zero attached hydrogens (tertiary/aromatic N) is 5. The highest BCUT2D eigenvalue weighted by molar-refractivity contribution is 5.94. The number of likely N-dealkylation sites (tertiary alicyclic amines) is 1. The lowest BCUT2D eigenvalue weighted by Gasteiger charge is -2.30. The van der Waals surface area contributed by atoms with E-state index in [1.807, 2.05) is 37.8 Å². The maximum atomic E-state index is 12.7. The molecule has 8 nitrogen and oxygen atoms in total. The number of ether oxygens (including phenoxy) is 1. The summed E-state index contributed by atoms with van der Waals surface area (Å²) in [5.41, 5.74) is 2.78. The van der Waals surface area contributed by atoms with Gasteiger partial charge < -0.3 is 15.0 Å². The van der Waals surface area contributed by atoms with Gasteiger partial charge in [-0.05, 0) is 38.1 Å². The van der Waals surface area contributed by atoms with Crippen LogP contribution in [0.1, 0.15) is 12.8 Å². The molecule has 4 heterocycles. The van der Waals surface area contributed by atoms with Crippen molar-refractivity contribution in [3.63, 3.8) is 0 Å². The van der Waals surface area contributed by atoms with Gasteiger partial charge in [-0.25, -0.2) is 4.98 Å². The number of fused-ring (bicyclic) bond motifs is 1. The summed E-state index contributed by atoms with van der Waals surface area (Å²) in [6.45, 7) is 3.49. The molecule has 1 saturated heterocycles. The van der Waals surface area contributed by atoms with E-state index in [1.165, 1.54) is 0 Å². The third kappa shape index (κ3) is 4.60. The van der Waals surface area contributed by atoms with Crippen LogP contribution in [0.5, 0.6) is 0 Å². The molecule has 29 heavy (non-hydrogen) atoms. The minimum absolute atomic E-state index is 0.0196. The van der Waals surface area contributed by atoms with Crippen LogP contribution >= 0.6 is 0 Å². The number of nitrogens with one attached hydrogen (secondary N) is 1. The van der Waals surface area contributed by atoms with Crippen LogP contribution in [0.3, 0.4) is 0 Å². The van der Waals surface area contributed by atoms with Crippen LogP contribution in [0.2, 0.25) is 0 Å². The Hall–Kier alpha value is -2.84. The number of rotatable bonds is 6. The maximum Gasteiger partial charge on any atom is 0.228 e. The van der Waals surface area contributed by atoms with Gasteiger partial charge in [0, 0.05) is 55.5 Å². The SMILES string of the molecule is COCCN1CCC(C(=O)Nc2cc3cc(-c4cnn(C)c4)cnc3cn2)CC1. The van der Waals surface area contributed by atoms with Gasteiger partial charge in [0.2, 0.25) is 5.91 Å². The van der Waals surface area contributed by atoms with Gasteiger partial charge in [0.15, 0.2) is 0 Å². The van der Waals surface area contributed by atoms with Crippen LogP contribution in [-0.4, -0.2) is 63.9 Å². The van der Waals surface area contributed by atoms with Crippen molar-refractivity contribution in [1.29, 1.82) is 0 Å². The van der Waals surface area contributed by atoms with Crippen molar-refractivity contribution in [3.05, 3.63) is 36.9 Å². The van der Waals surface area contributed by atoms with E-state index in [2.05, 4.69) is 25.3 Å². The first-order valence-electron chi connectivity index (χ1n) is 9.89. The third-order valence-corrected chi connectivity index (χ3v) is 5.43. The smallest absolute Gasteiger partial charge is 0.228 e. The zero-order valence-corrected chi connectivity index (χ0v) is 16.8. The fraction of sp³-hybridized carbons (Fsp3) is 0.429. The van der Waals surface area contributed by atoms with Gasteiger partial charge in [-0.3, -0.25) is 14.5 Å². The van der Waals surface area contributed by atoms with Crippen molar-refractivity contribution in [2.45, 2.75) is 12.8 Å². The summed E-state index contributed by atoms with van der Waals surface area (Å²) in [7, 11) is 3.60. The number of aryl methyl sites for hydroxylation is 1. The molecule has 0 saturated carbocycles. The van der Waals surface area contributed by atoms with Gasteiger partial charge in [-0.1, -0.05) is 0 Å². The molecule has 0 radical (unpaired) electrons. The Kier molecular flexibility index (Phi) is 5.82. The largest absolute Gasteiger partial charge is 0.383 e. The number of carbonyl (C=O) groups excluding carboxylic acids is 1. The van der Waals surface area contributed by atoms with Crippen molar-refractivity contribution in [3.8, 4) is 11.1 Å². The van der Waals surface area contributed by atoms with Gasteiger partial charge >= 0.3 is 0 Å². The Balaban J connectivity index is 1.43. The topological polar surface area (TPSA) is 85.2 Å². The quantitative estimate of drug-likeness (QED) is 0.691. The Morgan fingerprint density at radius 3 is 2.72 bits per heavy atom. The monoisotopic (exact) mass is 394 g/mol. The molecule has 1 fully saturated rings. The second kappa shape index (κ2) is 8.67. The fourth-order valence-electron chi connectivity index (χ4n) is 3.70. The lowest BCUT2D eigenvalue weighted by Crippen LogP contribution is -2.39. The van der Waals surface area contributed by atoms with Crippen molar-refractivity contribution >= 4 is 22.6 Å². The second-order valence-corrected chi connectivity index (χ2v) is 7.49. The number of aromatic nitrogens is 4. The Morgan fingerprint density at radius 1 is 1.17 bits per heavy atom. The summed E-state index contributed by atoms with van der Waals surface area (Å²) in [5.74, 6) is 0.625. The van der Waals surface area contributed by atoms with Crippen LogP contribution in [0.4, 0.5) is 5.82 Å². The van der Waals surface area contributed by atoms with Crippen LogP contribution < -0.4 is 5.32 Å². The molecular formula is C21H26N6O2. The highest BCUT2D eigenvalue weighted by Gasteiger charge is 2.25. The van der Waals surface area contributed by atoms with Gasteiger partial charge in [-0.15, -0.1) is 0 Å². The predicted molar refractivity (Wildman–Crippen MR) is 111 cm³/mol. The number of carbonyl (C=O) groups is 1. The van der Waals surface area contributed by atoms with Crippen LogP contribution in [-0.2, 0) is 16.6 Å². The van der Waals surface area contributed by atoms with Crippen LogP contribution in [0.15, 0.2) is 36.9 Å². The average Bonchev–Trinajstić information content (AvgIpc) is 3.18. The molecule has 4 rings (SSSR count).